The van der Waals surface area contributed by atoms with E-state index >= 15 is 0 Å². The highest BCUT2D eigenvalue weighted by Gasteiger charge is 2.55. The first-order valence-electron chi connectivity index (χ1n) is 12.0. The van der Waals surface area contributed by atoms with Gasteiger partial charge in [0.15, 0.2) is 0 Å². The summed E-state index contributed by atoms with van der Waals surface area (Å²) in [6.07, 6.45) is 18.1. The van der Waals surface area contributed by atoms with Crippen LogP contribution >= 0.6 is 0 Å². The van der Waals surface area contributed by atoms with Gasteiger partial charge in [-0.1, -0.05) is 93.6 Å². The van der Waals surface area contributed by atoms with Gasteiger partial charge in [0.25, 0.3) is 0 Å². The van der Waals surface area contributed by atoms with Gasteiger partial charge in [-0.05, 0) is 65.3 Å². The fourth-order valence-corrected chi connectivity index (χ4v) is 5.42. The summed E-state index contributed by atoms with van der Waals surface area (Å²) in [4.78, 5) is 3.45. The number of aromatic amines is 1. The highest BCUT2D eigenvalue weighted by atomic mass is 14.7. The van der Waals surface area contributed by atoms with Crippen LogP contribution < -0.4 is 0 Å². The van der Waals surface area contributed by atoms with Crippen LogP contribution in [0.4, 0.5) is 0 Å². The van der Waals surface area contributed by atoms with Crippen LogP contribution in [0.2, 0.25) is 0 Å². The predicted octanol–water partition coefficient (Wildman–Crippen LogP) is 8.17. The van der Waals surface area contributed by atoms with Gasteiger partial charge in [-0.2, -0.15) is 0 Å². The molecule has 0 saturated heterocycles. The van der Waals surface area contributed by atoms with Gasteiger partial charge in [-0.15, -0.1) is 0 Å². The second-order valence-corrected chi connectivity index (χ2v) is 8.98. The van der Waals surface area contributed by atoms with Crippen LogP contribution in [0, 0.1) is 11.8 Å². The second-order valence-electron chi connectivity index (χ2n) is 8.98. The van der Waals surface area contributed by atoms with E-state index in [1.165, 1.54) is 46.0 Å². The van der Waals surface area contributed by atoms with E-state index in [9.17, 15) is 0 Å². The number of H-pyrrole nitrogens is 1. The number of benzene rings is 2. The first-order chi connectivity index (χ1) is 15.3. The molecule has 3 aromatic rings. The lowest BCUT2D eigenvalue weighted by molar-refractivity contribution is 0.802. The third kappa shape index (κ3) is 3.41. The zero-order valence-electron chi connectivity index (χ0n) is 18.9. The zero-order valence-corrected chi connectivity index (χ0v) is 18.9. The minimum absolute atomic E-state index is 0.244. The molecular weight excluding hydrogens is 374 g/mol. The maximum Gasteiger partial charge on any atom is 0.0456 e. The topological polar surface area (TPSA) is 15.8 Å². The molecule has 1 heterocycles. The molecule has 1 N–H and O–H groups in total. The SMILES string of the molecule is CC.CC/C=C/C1=CC2CC2(/C=C/C2CC2c2c[nH]c3ccccc23)c2ccccc21. The Morgan fingerprint density at radius 2 is 1.87 bits per heavy atom. The molecule has 0 amide bonds. The fraction of sp³-hybridized carbons (Fsp3) is 0.333. The summed E-state index contributed by atoms with van der Waals surface area (Å²) < 4.78 is 0. The van der Waals surface area contributed by atoms with Crippen LogP contribution in [0.25, 0.3) is 16.5 Å². The molecule has 31 heavy (non-hydrogen) atoms. The van der Waals surface area contributed by atoms with Gasteiger partial charge < -0.3 is 4.98 Å². The molecule has 0 radical (unpaired) electrons. The monoisotopic (exact) mass is 407 g/mol. The first kappa shape index (κ1) is 20.1. The van der Waals surface area contributed by atoms with E-state index in [0.29, 0.717) is 17.8 Å². The van der Waals surface area contributed by atoms with Crippen LogP contribution in [0.5, 0.6) is 0 Å². The van der Waals surface area contributed by atoms with Crippen LogP contribution in [-0.2, 0) is 5.41 Å². The molecule has 2 aromatic carbocycles. The van der Waals surface area contributed by atoms with Crippen molar-refractivity contribution < 1.29 is 0 Å². The molecule has 0 bridgehead atoms. The van der Waals surface area contributed by atoms with Crippen LogP contribution in [0.3, 0.4) is 0 Å². The minimum atomic E-state index is 0.244. The fourth-order valence-electron chi connectivity index (χ4n) is 5.42. The second kappa shape index (κ2) is 8.04. The number of fused-ring (bicyclic) bond motifs is 4. The van der Waals surface area contributed by atoms with E-state index in [-0.39, 0.29) is 5.41 Å². The molecule has 0 spiro atoms. The largest absolute Gasteiger partial charge is 0.361 e. The highest BCUT2D eigenvalue weighted by molar-refractivity contribution is 5.84. The van der Waals surface area contributed by atoms with Crippen molar-refractivity contribution >= 4 is 16.5 Å². The Morgan fingerprint density at radius 1 is 1.06 bits per heavy atom. The number of hydrogen-bond acceptors (Lipinski definition) is 0. The van der Waals surface area contributed by atoms with Gasteiger partial charge in [0.1, 0.15) is 0 Å². The van der Waals surface area contributed by atoms with Gasteiger partial charge in [-0.3, -0.25) is 0 Å². The summed E-state index contributed by atoms with van der Waals surface area (Å²) >= 11 is 0. The predicted molar refractivity (Wildman–Crippen MR) is 133 cm³/mol. The third-order valence-electron chi connectivity index (χ3n) is 7.21. The zero-order chi connectivity index (χ0) is 21.4. The summed E-state index contributed by atoms with van der Waals surface area (Å²) in [5.74, 6) is 2.02. The van der Waals surface area contributed by atoms with Crippen molar-refractivity contribution in [3.63, 3.8) is 0 Å². The lowest BCUT2D eigenvalue weighted by Crippen LogP contribution is -2.13. The Balaban J connectivity index is 0.000000994. The van der Waals surface area contributed by atoms with Gasteiger partial charge >= 0.3 is 0 Å². The average molecular weight is 408 g/mol. The Labute approximate surface area is 186 Å². The van der Waals surface area contributed by atoms with Crippen molar-refractivity contribution in [3.05, 3.63) is 102 Å². The van der Waals surface area contributed by atoms with Crippen molar-refractivity contribution in [2.75, 3.05) is 0 Å². The molecular formula is C30H33N. The van der Waals surface area contributed by atoms with Crippen molar-refractivity contribution in [1.82, 2.24) is 4.98 Å². The molecule has 2 fully saturated rings. The molecule has 2 saturated carbocycles. The lowest BCUT2D eigenvalue weighted by Gasteiger charge is -2.22. The molecule has 158 valence electrons. The molecule has 4 atom stereocenters. The van der Waals surface area contributed by atoms with E-state index in [4.69, 9.17) is 0 Å². The van der Waals surface area contributed by atoms with E-state index in [1.807, 2.05) is 13.8 Å². The van der Waals surface area contributed by atoms with Crippen LogP contribution in [-0.4, -0.2) is 4.98 Å². The van der Waals surface area contributed by atoms with Crippen molar-refractivity contribution in [2.24, 2.45) is 11.8 Å². The maximum atomic E-state index is 3.45. The average Bonchev–Trinajstić information content (AvgIpc) is 3.72. The van der Waals surface area contributed by atoms with Crippen molar-refractivity contribution in [1.29, 1.82) is 0 Å². The van der Waals surface area contributed by atoms with E-state index in [2.05, 4.69) is 97.0 Å². The smallest absolute Gasteiger partial charge is 0.0456 e. The molecule has 4 unspecified atom stereocenters. The van der Waals surface area contributed by atoms with E-state index in [1.54, 1.807) is 0 Å². The number of aromatic nitrogens is 1. The van der Waals surface area contributed by atoms with Crippen molar-refractivity contribution in [2.45, 2.75) is 51.4 Å². The highest BCUT2D eigenvalue weighted by Crippen LogP contribution is 2.62. The number of rotatable bonds is 5. The Kier molecular flexibility index (Phi) is 5.22. The quantitative estimate of drug-likeness (QED) is 0.410. The standard InChI is InChI=1S/C28H27N.C2H6/c1-2-3-8-19-15-21-17-28(21,26-11-6-4-9-22(19)26)14-13-20-16-24(20)25-18-29-27-12-7-5-10-23(25)27;1-2/h3-15,18,20-21,24,29H,2,16-17H2,1H3;1-2H3/b8-3+,14-13+;. The normalized spacial score (nSPS) is 28.1. The van der Waals surface area contributed by atoms with Crippen LogP contribution in [0.15, 0.2) is 85.1 Å². The molecule has 6 rings (SSSR count). The van der Waals surface area contributed by atoms with Gasteiger partial charge in [0.2, 0.25) is 0 Å². The Morgan fingerprint density at radius 3 is 2.74 bits per heavy atom. The van der Waals surface area contributed by atoms with Gasteiger partial charge in [0.05, 0.1) is 0 Å². The van der Waals surface area contributed by atoms with Gasteiger partial charge in [0, 0.05) is 22.5 Å². The van der Waals surface area contributed by atoms with E-state index < -0.39 is 0 Å². The third-order valence-corrected chi connectivity index (χ3v) is 7.21. The first-order valence-corrected chi connectivity index (χ1v) is 12.0. The lowest BCUT2D eigenvalue weighted by atomic mass is 9.81. The summed E-state index contributed by atoms with van der Waals surface area (Å²) in [5.41, 5.74) is 7.38. The number of para-hydroxylation sites is 1. The molecule has 1 heteroatoms. The van der Waals surface area contributed by atoms with Crippen molar-refractivity contribution in [3.8, 4) is 0 Å². The Hall–Kier alpha value is -2.80. The summed E-state index contributed by atoms with van der Waals surface area (Å²) in [7, 11) is 0. The molecule has 3 aliphatic rings. The summed E-state index contributed by atoms with van der Waals surface area (Å²) in [6.45, 7) is 6.20. The minimum Gasteiger partial charge on any atom is -0.361 e. The van der Waals surface area contributed by atoms with E-state index in [0.717, 1.165) is 6.42 Å². The Bertz CT molecular complexity index is 1170. The number of allylic oxidation sites excluding steroid dienone is 6. The summed E-state index contributed by atoms with van der Waals surface area (Å²) in [6, 6.07) is 17.7. The maximum absolute atomic E-state index is 3.45. The van der Waals surface area contributed by atoms with Gasteiger partial charge in [-0.25, -0.2) is 0 Å². The molecule has 3 aliphatic carbocycles. The molecule has 1 aromatic heterocycles. The molecule has 0 aliphatic heterocycles. The number of hydrogen-bond donors (Lipinski definition) is 1. The molecule has 1 nitrogen and oxygen atoms in total. The number of nitrogens with one attached hydrogen (secondary N) is 1. The van der Waals surface area contributed by atoms with Crippen LogP contribution in [0.1, 0.15) is 62.6 Å². The summed E-state index contributed by atoms with van der Waals surface area (Å²) in [5, 5.41) is 1.40.